The number of aromatic nitrogens is 2. The number of carboxylic acids is 1. The quantitative estimate of drug-likeness (QED) is 0.333. The Labute approximate surface area is 210 Å². The third-order valence-electron chi connectivity index (χ3n) is 6.26. The first-order valence-corrected chi connectivity index (χ1v) is 12.8. The number of hydrogen-bond donors (Lipinski definition) is 2. The number of carbonyl (C=O) groups excluding carboxylic acids is 1. The molecule has 35 heavy (non-hydrogen) atoms. The lowest BCUT2D eigenvalue weighted by atomic mass is 10.0. The molecule has 1 fully saturated rings. The average Bonchev–Trinajstić information content (AvgIpc) is 3.32. The van der Waals surface area contributed by atoms with Crippen molar-refractivity contribution in [3.8, 4) is 11.8 Å². The molecule has 5 rings (SSSR count). The second kappa shape index (κ2) is 8.87. The zero-order valence-electron chi connectivity index (χ0n) is 19.4. The first-order valence-electron chi connectivity index (χ1n) is 11.1. The molecule has 0 bridgehead atoms. The number of carbonyl (C=O) groups is 2. The fourth-order valence-corrected chi connectivity index (χ4v) is 6.81. The normalized spacial score (nSPS) is 14.7. The molecule has 0 spiro atoms. The predicted molar refractivity (Wildman–Crippen MR) is 137 cm³/mol. The van der Waals surface area contributed by atoms with Crippen LogP contribution in [0.3, 0.4) is 0 Å². The van der Waals surface area contributed by atoms with Gasteiger partial charge in [0.25, 0.3) is 0 Å². The van der Waals surface area contributed by atoms with Crippen LogP contribution in [0.2, 0.25) is 0 Å². The molecule has 0 radical (unpaired) electrons. The predicted octanol–water partition coefficient (Wildman–Crippen LogP) is 5.83. The SMILES string of the molecule is Cc1c(C2(C(=O)O)CC2)sc2sc(C#Cc3cnn(C)c3NC(=O)OC(C)c3ccccc3)cc12. The number of ether oxygens (including phenoxy) is 1. The number of amides is 1. The van der Waals surface area contributed by atoms with Gasteiger partial charge in [-0.15, -0.1) is 22.7 Å². The summed E-state index contributed by atoms with van der Waals surface area (Å²) in [4.78, 5) is 26.1. The fourth-order valence-electron chi connectivity index (χ4n) is 4.07. The number of aryl methyl sites for hydroxylation is 2. The molecular formula is C26H23N3O4S2. The van der Waals surface area contributed by atoms with Gasteiger partial charge in [0.2, 0.25) is 0 Å². The van der Waals surface area contributed by atoms with E-state index in [-0.39, 0.29) is 0 Å². The third kappa shape index (κ3) is 4.31. The summed E-state index contributed by atoms with van der Waals surface area (Å²) in [6, 6.07) is 11.5. The molecule has 2 N–H and O–H groups in total. The number of aliphatic carboxylic acids is 1. The number of nitrogens with one attached hydrogen (secondary N) is 1. The maximum absolute atomic E-state index is 12.5. The summed E-state index contributed by atoms with van der Waals surface area (Å²) in [6.07, 6.45) is 2.02. The van der Waals surface area contributed by atoms with Crippen LogP contribution >= 0.6 is 22.7 Å². The number of carboxylic acid groups (broad SMARTS) is 1. The summed E-state index contributed by atoms with van der Waals surface area (Å²) in [5.74, 6) is 5.99. The number of thiophene rings is 2. The minimum atomic E-state index is -0.734. The van der Waals surface area contributed by atoms with E-state index in [9.17, 15) is 14.7 Å². The van der Waals surface area contributed by atoms with Crippen molar-refractivity contribution in [2.45, 2.75) is 38.2 Å². The first-order chi connectivity index (χ1) is 16.8. The molecule has 1 unspecified atom stereocenters. The van der Waals surface area contributed by atoms with E-state index in [1.54, 1.807) is 40.6 Å². The highest BCUT2D eigenvalue weighted by Crippen LogP contribution is 2.54. The highest BCUT2D eigenvalue weighted by atomic mass is 32.2. The molecule has 1 amide bonds. The van der Waals surface area contributed by atoms with Crippen LogP contribution in [0, 0.1) is 18.8 Å². The lowest BCUT2D eigenvalue weighted by molar-refractivity contribution is -0.139. The van der Waals surface area contributed by atoms with E-state index < -0.39 is 23.6 Å². The smallest absolute Gasteiger partial charge is 0.413 e. The van der Waals surface area contributed by atoms with Crippen LogP contribution in [0.1, 0.15) is 52.3 Å². The zero-order chi connectivity index (χ0) is 24.7. The van der Waals surface area contributed by atoms with Crippen molar-refractivity contribution >= 4 is 50.0 Å². The first kappa shape index (κ1) is 23.1. The van der Waals surface area contributed by atoms with E-state index in [0.29, 0.717) is 24.2 Å². The Balaban J connectivity index is 1.33. The van der Waals surface area contributed by atoms with E-state index in [1.807, 2.05) is 50.2 Å². The molecule has 1 aliphatic carbocycles. The van der Waals surface area contributed by atoms with Gasteiger partial charge in [-0.05, 0) is 43.9 Å². The van der Waals surface area contributed by atoms with Gasteiger partial charge < -0.3 is 9.84 Å². The molecule has 7 nitrogen and oxygen atoms in total. The van der Waals surface area contributed by atoms with Gasteiger partial charge in [-0.3, -0.25) is 14.8 Å². The van der Waals surface area contributed by atoms with Crippen LogP contribution in [0.25, 0.3) is 9.40 Å². The van der Waals surface area contributed by atoms with Crippen molar-refractivity contribution in [2.24, 2.45) is 7.05 Å². The van der Waals surface area contributed by atoms with E-state index in [2.05, 4.69) is 22.3 Å². The fraction of sp³-hybridized carbons (Fsp3) is 0.269. The Morgan fingerprint density at radius 2 is 1.97 bits per heavy atom. The summed E-state index contributed by atoms with van der Waals surface area (Å²) in [5, 5.41) is 17.7. The minimum absolute atomic E-state index is 0.401. The van der Waals surface area contributed by atoms with Crippen molar-refractivity contribution < 1.29 is 19.4 Å². The van der Waals surface area contributed by atoms with E-state index in [4.69, 9.17) is 4.74 Å². The highest BCUT2D eigenvalue weighted by Gasteiger charge is 2.53. The summed E-state index contributed by atoms with van der Waals surface area (Å²) < 4.78 is 8.13. The second-order valence-electron chi connectivity index (χ2n) is 8.62. The van der Waals surface area contributed by atoms with Gasteiger partial charge >= 0.3 is 12.1 Å². The zero-order valence-corrected chi connectivity index (χ0v) is 21.0. The number of benzene rings is 1. The number of fused-ring (bicyclic) bond motifs is 1. The molecule has 9 heteroatoms. The van der Waals surface area contributed by atoms with Gasteiger partial charge in [0, 0.05) is 17.3 Å². The van der Waals surface area contributed by atoms with Crippen molar-refractivity contribution in [1.29, 1.82) is 0 Å². The lowest BCUT2D eigenvalue weighted by Crippen LogP contribution is -2.18. The van der Waals surface area contributed by atoms with Crippen molar-refractivity contribution in [3.63, 3.8) is 0 Å². The van der Waals surface area contributed by atoms with Gasteiger partial charge in [-0.1, -0.05) is 42.2 Å². The maximum Gasteiger partial charge on any atom is 0.413 e. The Bertz CT molecular complexity index is 1500. The van der Waals surface area contributed by atoms with Crippen molar-refractivity contribution in [3.05, 3.63) is 69.0 Å². The Hall–Kier alpha value is -3.61. The largest absolute Gasteiger partial charge is 0.481 e. The summed E-state index contributed by atoms with van der Waals surface area (Å²) in [6.45, 7) is 3.81. The van der Waals surface area contributed by atoms with Crippen molar-refractivity contribution in [1.82, 2.24) is 9.78 Å². The van der Waals surface area contributed by atoms with Crippen LogP contribution in [-0.4, -0.2) is 26.9 Å². The Morgan fingerprint density at radius 3 is 2.63 bits per heavy atom. The van der Waals surface area contributed by atoms with Crippen LogP contribution < -0.4 is 5.32 Å². The van der Waals surface area contributed by atoms with Gasteiger partial charge in [-0.25, -0.2) is 4.79 Å². The Morgan fingerprint density at radius 1 is 1.23 bits per heavy atom. The summed E-state index contributed by atoms with van der Waals surface area (Å²) in [7, 11) is 1.73. The highest BCUT2D eigenvalue weighted by molar-refractivity contribution is 7.38. The van der Waals surface area contributed by atoms with Crippen LogP contribution in [0.5, 0.6) is 0 Å². The Kier molecular flexibility index (Phi) is 5.87. The topological polar surface area (TPSA) is 93.5 Å². The standard InChI is InChI=1S/C26H23N3O4S2/c1-15-20-13-19(34-23(20)35-21(15)26(11-12-26)24(30)31)10-9-18-14-27-29(3)22(18)28-25(32)33-16(2)17-7-5-4-6-8-17/h4-8,13-14,16H,11-12H2,1-3H3,(H,28,32)(H,30,31). The van der Waals surface area contributed by atoms with E-state index in [0.717, 1.165) is 30.3 Å². The number of nitrogens with zero attached hydrogens (tertiary/aromatic N) is 2. The molecule has 3 heterocycles. The van der Waals surface area contributed by atoms with Crippen LogP contribution in [-0.2, 0) is 22.0 Å². The molecule has 178 valence electrons. The molecule has 1 atom stereocenters. The molecular weight excluding hydrogens is 482 g/mol. The van der Waals surface area contributed by atoms with E-state index >= 15 is 0 Å². The van der Waals surface area contributed by atoms with E-state index in [1.165, 1.54) is 0 Å². The van der Waals surface area contributed by atoms with Crippen LogP contribution in [0.15, 0.2) is 42.6 Å². The molecule has 1 aromatic carbocycles. The molecule has 0 aliphatic heterocycles. The van der Waals surface area contributed by atoms with Gasteiger partial charge in [0.15, 0.2) is 0 Å². The van der Waals surface area contributed by atoms with Crippen molar-refractivity contribution in [2.75, 3.05) is 5.32 Å². The molecule has 3 aromatic heterocycles. The van der Waals surface area contributed by atoms with Gasteiger partial charge in [-0.2, -0.15) is 5.10 Å². The van der Waals surface area contributed by atoms with Gasteiger partial charge in [0.1, 0.15) is 17.3 Å². The second-order valence-corrected chi connectivity index (χ2v) is 11.0. The summed E-state index contributed by atoms with van der Waals surface area (Å²) >= 11 is 3.12. The maximum atomic E-state index is 12.5. The molecule has 0 saturated heterocycles. The number of anilines is 1. The third-order valence-corrected chi connectivity index (χ3v) is 8.92. The monoisotopic (exact) mass is 505 g/mol. The number of rotatable bonds is 5. The van der Waals surface area contributed by atoms with Gasteiger partial charge in [0.05, 0.1) is 20.7 Å². The minimum Gasteiger partial charge on any atom is -0.481 e. The van der Waals surface area contributed by atoms with Crippen LogP contribution in [0.4, 0.5) is 10.6 Å². The number of hydrogen-bond acceptors (Lipinski definition) is 6. The lowest BCUT2D eigenvalue weighted by Gasteiger charge is -2.14. The molecule has 1 aliphatic rings. The summed E-state index contributed by atoms with van der Waals surface area (Å²) in [5.41, 5.74) is 1.82. The molecule has 4 aromatic rings. The average molecular weight is 506 g/mol. The molecule has 1 saturated carbocycles.